The molecular weight excluding hydrogens is 209 g/mol. The van der Waals surface area contributed by atoms with Crippen LogP contribution in [-0.4, -0.2) is 30.9 Å². The molecule has 1 unspecified atom stereocenters. The van der Waals surface area contributed by atoms with E-state index in [0.29, 0.717) is 19.4 Å². The minimum atomic E-state index is -0.735. The van der Waals surface area contributed by atoms with E-state index in [2.05, 4.69) is 5.32 Å². The summed E-state index contributed by atoms with van der Waals surface area (Å²) in [4.78, 5) is 0. The van der Waals surface area contributed by atoms with Crippen molar-refractivity contribution in [1.82, 2.24) is 5.32 Å². The first-order chi connectivity index (χ1) is 7.63. The van der Waals surface area contributed by atoms with Crippen molar-refractivity contribution in [2.24, 2.45) is 0 Å². The number of β-amino-alcohol motifs (C(OH)–C–C–N with tert-alkyl or cyclic N) is 1. The highest BCUT2D eigenvalue weighted by atomic mass is 19.1. The van der Waals surface area contributed by atoms with E-state index in [4.69, 9.17) is 4.74 Å². The van der Waals surface area contributed by atoms with Crippen LogP contribution in [0.15, 0.2) is 18.2 Å². The number of aliphatic hydroxyl groups is 1. The van der Waals surface area contributed by atoms with E-state index in [1.54, 1.807) is 12.1 Å². The molecule has 1 heterocycles. The Morgan fingerprint density at radius 1 is 1.56 bits per heavy atom. The van der Waals surface area contributed by atoms with E-state index in [-0.39, 0.29) is 11.6 Å². The lowest BCUT2D eigenvalue weighted by molar-refractivity contribution is 0.0618. The van der Waals surface area contributed by atoms with Gasteiger partial charge < -0.3 is 15.2 Å². The standard InChI is InChI=1S/C12H16FNO2/c1-16-11-3-2-9(6-10(11)13)7-12(15)4-5-14-8-12/h2-3,6,14-15H,4-5,7-8H2,1H3. The fraction of sp³-hybridized carbons (Fsp3) is 0.500. The number of hydrogen-bond donors (Lipinski definition) is 2. The third kappa shape index (κ3) is 2.33. The van der Waals surface area contributed by atoms with Crippen LogP contribution in [0.4, 0.5) is 4.39 Å². The molecule has 88 valence electrons. The van der Waals surface area contributed by atoms with Crippen LogP contribution in [0.2, 0.25) is 0 Å². The highest BCUT2D eigenvalue weighted by molar-refractivity contribution is 5.30. The van der Waals surface area contributed by atoms with Gasteiger partial charge in [0.2, 0.25) is 0 Å². The van der Waals surface area contributed by atoms with Crippen molar-refractivity contribution in [3.8, 4) is 5.75 Å². The van der Waals surface area contributed by atoms with Crippen molar-refractivity contribution in [3.05, 3.63) is 29.6 Å². The number of hydrogen-bond acceptors (Lipinski definition) is 3. The summed E-state index contributed by atoms with van der Waals surface area (Å²) in [6.07, 6.45) is 1.18. The highest BCUT2D eigenvalue weighted by Crippen LogP contribution is 2.23. The summed E-state index contributed by atoms with van der Waals surface area (Å²) in [7, 11) is 1.44. The van der Waals surface area contributed by atoms with Crippen LogP contribution in [-0.2, 0) is 6.42 Å². The zero-order valence-electron chi connectivity index (χ0n) is 9.29. The first-order valence-corrected chi connectivity index (χ1v) is 5.38. The lowest BCUT2D eigenvalue weighted by Gasteiger charge is -2.21. The molecule has 1 aliphatic heterocycles. The lowest BCUT2D eigenvalue weighted by atomic mass is 9.94. The number of ether oxygens (including phenoxy) is 1. The third-order valence-electron chi connectivity index (χ3n) is 2.97. The summed E-state index contributed by atoms with van der Waals surface area (Å²) in [5.74, 6) is -0.144. The zero-order valence-corrected chi connectivity index (χ0v) is 9.29. The molecule has 0 amide bonds. The van der Waals surface area contributed by atoms with Crippen LogP contribution in [0.3, 0.4) is 0 Å². The second kappa shape index (κ2) is 4.39. The Kier molecular flexibility index (Phi) is 3.12. The van der Waals surface area contributed by atoms with Gasteiger partial charge in [0.15, 0.2) is 11.6 Å². The van der Waals surface area contributed by atoms with E-state index in [1.807, 2.05) is 0 Å². The van der Waals surface area contributed by atoms with E-state index in [1.165, 1.54) is 13.2 Å². The summed E-state index contributed by atoms with van der Waals surface area (Å²) in [5.41, 5.74) is 0.0607. The van der Waals surface area contributed by atoms with Crippen LogP contribution in [0.25, 0.3) is 0 Å². The smallest absolute Gasteiger partial charge is 0.165 e. The average molecular weight is 225 g/mol. The molecule has 3 nitrogen and oxygen atoms in total. The summed E-state index contributed by atoms with van der Waals surface area (Å²) in [6.45, 7) is 1.38. The average Bonchev–Trinajstić information content (AvgIpc) is 2.65. The Bertz CT molecular complexity index is 375. The predicted octanol–water partition coefficient (Wildman–Crippen LogP) is 1.10. The van der Waals surface area contributed by atoms with Crippen LogP contribution >= 0.6 is 0 Å². The minimum absolute atomic E-state index is 0.236. The lowest BCUT2D eigenvalue weighted by Crippen LogP contribution is -2.33. The fourth-order valence-electron chi connectivity index (χ4n) is 2.08. The van der Waals surface area contributed by atoms with E-state index >= 15 is 0 Å². The molecule has 1 atom stereocenters. The first kappa shape index (κ1) is 11.4. The molecule has 0 bridgehead atoms. The number of methoxy groups -OCH3 is 1. The molecule has 0 saturated carbocycles. The molecule has 0 spiro atoms. The molecule has 2 rings (SSSR count). The molecule has 4 heteroatoms. The van der Waals surface area contributed by atoms with Gasteiger partial charge >= 0.3 is 0 Å². The van der Waals surface area contributed by atoms with E-state index < -0.39 is 5.60 Å². The van der Waals surface area contributed by atoms with Gasteiger partial charge in [0.05, 0.1) is 12.7 Å². The van der Waals surface area contributed by atoms with Crippen molar-refractivity contribution >= 4 is 0 Å². The van der Waals surface area contributed by atoms with Gasteiger partial charge in [-0.3, -0.25) is 0 Å². The fourth-order valence-corrected chi connectivity index (χ4v) is 2.08. The van der Waals surface area contributed by atoms with Crippen molar-refractivity contribution in [1.29, 1.82) is 0 Å². The highest BCUT2D eigenvalue weighted by Gasteiger charge is 2.31. The van der Waals surface area contributed by atoms with Gasteiger partial charge in [-0.15, -0.1) is 0 Å². The molecule has 1 saturated heterocycles. The largest absolute Gasteiger partial charge is 0.494 e. The van der Waals surface area contributed by atoms with Gasteiger partial charge in [-0.25, -0.2) is 4.39 Å². The van der Waals surface area contributed by atoms with Gasteiger partial charge in [0.25, 0.3) is 0 Å². The molecule has 1 aliphatic rings. The Morgan fingerprint density at radius 3 is 2.94 bits per heavy atom. The second-order valence-corrected chi connectivity index (χ2v) is 4.30. The number of halogens is 1. The number of benzene rings is 1. The van der Waals surface area contributed by atoms with Gasteiger partial charge in [0, 0.05) is 13.0 Å². The minimum Gasteiger partial charge on any atom is -0.494 e. The van der Waals surface area contributed by atoms with Gasteiger partial charge in [0.1, 0.15) is 0 Å². The molecule has 0 aliphatic carbocycles. The van der Waals surface area contributed by atoms with E-state index in [0.717, 1.165) is 12.1 Å². The van der Waals surface area contributed by atoms with E-state index in [9.17, 15) is 9.50 Å². The topological polar surface area (TPSA) is 41.5 Å². The monoisotopic (exact) mass is 225 g/mol. The van der Waals surface area contributed by atoms with Crippen molar-refractivity contribution in [2.45, 2.75) is 18.4 Å². The normalized spacial score (nSPS) is 24.7. The quantitative estimate of drug-likeness (QED) is 0.809. The predicted molar refractivity (Wildman–Crippen MR) is 59.1 cm³/mol. The number of rotatable bonds is 3. The molecule has 2 N–H and O–H groups in total. The Labute approximate surface area is 94.2 Å². The number of nitrogens with one attached hydrogen (secondary N) is 1. The SMILES string of the molecule is COc1ccc(CC2(O)CCNC2)cc1F. The maximum atomic E-state index is 13.4. The summed E-state index contributed by atoms with van der Waals surface area (Å²) < 4.78 is 18.3. The van der Waals surface area contributed by atoms with Crippen LogP contribution in [0.5, 0.6) is 5.75 Å². The summed E-state index contributed by atoms with van der Waals surface area (Å²) >= 11 is 0. The zero-order chi connectivity index (χ0) is 11.6. The first-order valence-electron chi connectivity index (χ1n) is 5.38. The molecule has 1 fully saturated rings. The summed E-state index contributed by atoms with van der Waals surface area (Å²) in [6, 6.07) is 4.81. The van der Waals surface area contributed by atoms with Gasteiger partial charge in [-0.2, -0.15) is 0 Å². The molecule has 0 radical (unpaired) electrons. The molecule has 1 aromatic carbocycles. The molecule has 16 heavy (non-hydrogen) atoms. The van der Waals surface area contributed by atoms with Crippen molar-refractivity contribution in [3.63, 3.8) is 0 Å². The van der Waals surface area contributed by atoms with Gasteiger partial charge in [-0.05, 0) is 30.7 Å². The Hall–Kier alpha value is -1.13. The van der Waals surface area contributed by atoms with Crippen molar-refractivity contribution < 1.29 is 14.2 Å². The Balaban J connectivity index is 2.13. The summed E-state index contributed by atoms with van der Waals surface area (Å²) in [5, 5.41) is 13.2. The van der Waals surface area contributed by atoms with Crippen LogP contribution in [0, 0.1) is 5.82 Å². The third-order valence-corrected chi connectivity index (χ3v) is 2.97. The second-order valence-electron chi connectivity index (χ2n) is 4.30. The van der Waals surface area contributed by atoms with Gasteiger partial charge in [-0.1, -0.05) is 6.07 Å². The maximum Gasteiger partial charge on any atom is 0.165 e. The molecule has 1 aromatic rings. The van der Waals surface area contributed by atoms with Crippen molar-refractivity contribution in [2.75, 3.05) is 20.2 Å². The van der Waals surface area contributed by atoms with Crippen LogP contribution in [0.1, 0.15) is 12.0 Å². The molecule has 0 aromatic heterocycles. The molecular formula is C12H16FNO2. The maximum absolute atomic E-state index is 13.4. The van der Waals surface area contributed by atoms with Crippen LogP contribution < -0.4 is 10.1 Å². The Morgan fingerprint density at radius 2 is 2.38 bits per heavy atom.